The highest BCUT2D eigenvalue weighted by atomic mass is 19.1. The molecule has 0 aliphatic heterocycles. The molecule has 1 unspecified atom stereocenters. The highest BCUT2D eigenvalue weighted by Gasteiger charge is 2.14. The van der Waals surface area contributed by atoms with E-state index in [0.29, 0.717) is 12.0 Å². The Morgan fingerprint density at radius 2 is 1.95 bits per heavy atom. The number of hydrogen-bond donors (Lipinski definition) is 1. The molecule has 1 aromatic heterocycles. The highest BCUT2D eigenvalue weighted by Crippen LogP contribution is 2.17. The summed E-state index contributed by atoms with van der Waals surface area (Å²) < 4.78 is 18.9. The molecule has 2 aromatic rings. The van der Waals surface area contributed by atoms with Crippen molar-refractivity contribution in [1.82, 2.24) is 5.32 Å². The number of rotatable bonds is 7. The Labute approximate surface area is 120 Å². The molecule has 108 valence electrons. The zero-order valence-electron chi connectivity index (χ0n) is 12.1. The molecule has 3 heteroatoms. The van der Waals surface area contributed by atoms with E-state index in [4.69, 9.17) is 4.42 Å². The lowest BCUT2D eigenvalue weighted by molar-refractivity contribution is 0.435. The maximum absolute atomic E-state index is 13.8. The molecule has 0 spiro atoms. The van der Waals surface area contributed by atoms with Crippen molar-refractivity contribution in [2.45, 2.75) is 32.7 Å². The van der Waals surface area contributed by atoms with Crippen LogP contribution in [0.2, 0.25) is 0 Å². The maximum Gasteiger partial charge on any atom is 0.126 e. The Morgan fingerprint density at radius 3 is 2.60 bits per heavy atom. The Morgan fingerprint density at radius 1 is 1.15 bits per heavy atom. The van der Waals surface area contributed by atoms with Crippen molar-refractivity contribution in [2.75, 3.05) is 6.54 Å². The summed E-state index contributed by atoms with van der Waals surface area (Å²) in [5.41, 5.74) is 1.95. The number of nitrogens with one attached hydrogen (secondary N) is 1. The van der Waals surface area contributed by atoms with E-state index in [1.165, 1.54) is 6.07 Å². The van der Waals surface area contributed by atoms with E-state index in [1.807, 2.05) is 18.2 Å². The predicted molar refractivity (Wildman–Crippen MR) is 79.1 cm³/mol. The summed E-state index contributed by atoms with van der Waals surface area (Å²) in [6.07, 6.45) is 5.08. The van der Waals surface area contributed by atoms with Crippen molar-refractivity contribution in [3.05, 3.63) is 59.8 Å². The van der Waals surface area contributed by atoms with Gasteiger partial charge in [-0.1, -0.05) is 32.0 Å². The fourth-order valence-corrected chi connectivity index (χ4v) is 2.34. The average molecular weight is 275 g/mol. The average Bonchev–Trinajstić information content (AvgIpc) is 2.91. The molecule has 1 aromatic carbocycles. The molecule has 20 heavy (non-hydrogen) atoms. The van der Waals surface area contributed by atoms with Crippen LogP contribution in [0.25, 0.3) is 0 Å². The first-order valence-corrected chi connectivity index (χ1v) is 7.13. The monoisotopic (exact) mass is 275 g/mol. The van der Waals surface area contributed by atoms with Crippen LogP contribution in [-0.4, -0.2) is 12.6 Å². The van der Waals surface area contributed by atoms with Gasteiger partial charge < -0.3 is 9.73 Å². The van der Waals surface area contributed by atoms with Crippen LogP contribution in [0.1, 0.15) is 25.0 Å². The summed E-state index contributed by atoms with van der Waals surface area (Å²) >= 11 is 0. The molecule has 0 aliphatic carbocycles. The predicted octanol–water partition coefficient (Wildman–Crippen LogP) is 3.82. The molecule has 0 fully saturated rings. The van der Waals surface area contributed by atoms with Crippen LogP contribution >= 0.6 is 0 Å². The zero-order valence-corrected chi connectivity index (χ0v) is 12.1. The molecular weight excluding hydrogens is 253 g/mol. The molecule has 0 radical (unpaired) electrons. The molecule has 1 N–H and O–H groups in total. The SMILES string of the molecule is CC(C)NCC(Cc1ccoc1)Cc1ccccc1F. The summed E-state index contributed by atoms with van der Waals surface area (Å²) in [5, 5.41) is 3.44. The second kappa shape index (κ2) is 7.25. The van der Waals surface area contributed by atoms with E-state index in [9.17, 15) is 4.39 Å². The fraction of sp³-hybridized carbons (Fsp3) is 0.412. The van der Waals surface area contributed by atoms with Crippen LogP contribution < -0.4 is 5.32 Å². The van der Waals surface area contributed by atoms with Gasteiger partial charge in [-0.3, -0.25) is 0 Å². The third-order valence-electron chi connectivity index (χ3n) is 3.39. The number of furan rings is 1. The summed E-state index contributed by atoms with van der Waals surface area (Å²) in [5.74, 6) is 0.237. The third kappa shape index (κ3) is 4.49. The first kappa shape index (κ1) is 14.8. The van der Waals surface area contributed by atoms with Gasteiger partial charge in [-0.2, -0.15) is 0 Å². The van der Waals surface area contributed by atoms with Gasteiger partial charge >= 0.3 is 0 Å². The number of benzene rings is 1. The van der Waals surface area contributed by atoms with E-state index < -0.39 is 0 Å². The zero-order chi connectivity index (χ0) is 14.4. The third-order valence-corrected chi connectivity index (χ3v) is 3.39. The topological polar surface area (TPSA) is 25.2 Å². The van der Waals surface area contributed by atoms with Gasteiger partial charge in [-0.15, -0.1) is 0 Å². The molecule has 1 heterocycles. The number of halogens is 1. The van der Waals surface area contributed by atoms with Gasteiger partial charge in [0, 0.05) is 6.04 Å². The van der Waals surface area contributed by atoms with Crippen LogP contribution in [0.3, 0.4) is 0 Å². The van der Waals surface area contributed by atoms with Gasteiger partial charge in [0.05, 0.1) is 12.5 Å². The van der Waals surface area contributed by atoms with Gasteiger partial charge in [-0.05, 0) is 48.6 Å². The molecular formula is C17H22FNO. The number of hydrogen-bond acceptors (Lipinski definition) is 2. The van der Waals surface area contributed by atoms with Gasteiger partial charge in [0.2, 0.25) is 0 Å². The normalized spacial score (nSPS) is 12.8. The van der Waals surface area contributed by atoms with Gasteiger partial charge in [0.25, 0.3) is 0 Å². The lowest BCUT2D eigenvalue weighted by Gasteiger charge is -2.19. The second-order valence-corrected chi connectivity index (χ2v) is 5.56. The Bertz CT molecular complexity index is 507. The van der Waals surface area contributed by atoms with Crippen LogP contribution in [0, 0.1) is 11.7 Å². The summed E-state index contributed by atoms with van der Waals surface area (Å²) in [4.78, 5) is 0. The van der Waals surface area contributed by atoms with Crippen molar-refractivity contribution < 1.29 is 8.81 Å². The summed E-state index contributed by atoms with van der Waals surface area (Å²) in [6, 6.07) is 9.43. The molecule has 2 rings (SSSR count). The van der Waals surface area contributed by atoms with Crippen molar-refractivity contribution in [2.24, 2.45) is 5.92 Å². The molecule has 0 saturated carbocycles. The van der Waals surface area contributed by atoms with Gasteiger partial charge in [0.15, 0.2) is 0 Å². The summed E-state index contributed by atoms with van der Waals surface area (Å²) in [6.45, 7) is 5.12. The molecule has 2 nitrogen and oxygen atoms in total. The van der Waals surface area contributed by atoms with Crippen LogP contribution in [0.5, 0.6) is 0 Å². The van der Waals surface area contributed by atoms with E-state index in [-0.39, 0.29) is 5.82 Å². The minimum absolute atomic E-state index is 0.116. The van der Waals surface area contributed by atoms with E-state index in [0.717, 1.165) is 30.5 Å². The van der Waals surface area contributed by atoms with Crippen LogP contribution in [0.4, 0.5) is 4.39 Å². The van der Waals surface area contributed by atoms with Gasteiger partial charge in [-0.25, -0.2) is 4.39 Å². The lowest BCUT2D eigenvalue weighted by Crippen LogP contribution is -2.31. The highest BCUT2D eigenvalue weighted by molar-refractivity contribution is 5.18. The second-order valence-electron chi connectivity index (χ2n) is 5.56. The van der Waals surface area contributed by atoms with E-state index in [1.54, 1.807) is 18.6 Å². The van der Waals surface area contributed by atoms with E-state index >= 15 is 0 Å². The quantitative estimate of drug-likeness (QED) is 0.831. The Kier molecular flexibility index (Phi) is 5.36. The molecule has 0 amide bonds. The standard InChI is InChI=1S/C17H22FNO/c1-13(2)19-11-15(9-14-7-8-20-12-14)10-16-5-3-4-6-17(16)18/h3-8,12-13,15,19H,9-11H2,1-2H3. The van der Waals surface area contributed by atoms with Crippen molar-refractivity contribution >= 4 is 0 Å². The molecule has 0 bridgehead atoms. The minimum Gasteiger partial charge on any atom is -0.472 e. The van der Waals surface area contributed by atoms with Gasteiger partial charge in [0.1, 0.15) is 5.82 Å². The van der Waals surface area contributed by atoms with Crippen LogP contribution in [-0.2, 0) is 12.8 Å². The minimum atomic E-state index is -0.116. The Hall–Kier alpha value is -1.61. The fourth-order valence-electron chi connectivity index (χ4n) is 2.34. The smallest absolute Gasteiger partial charge is 0.126 e. The maximum atomic E-state index is 13.8. The first-order chi connectivity index (χ1) is 9.65. The van der Waals surface area contributed by atoms with Crippen molar-refractivity contribution in [1.29, 1.82) is 0 Å². The molecule has 0 saturated heterocycles. The largest absolute Gasteiger partial charge is 0.472 e. The molecule has 1 atom stereocenters. The van der Waals surface area contributed by atoms with Crippen molar-refractivity contribution in [3.8, 4) is 0 Å². The Balaban J connectivity index is 2.03. The summed E-state index contributed by atoms with van der Waals surface area (Å²) in [7, 11) is 0. The first-order valence-electron chi connectivity index (χ1n) is 7.13. The molecule has 0 aliphatic rings. The van der Waals surface area contributed by atoms with Crippen LogP contribution in [0.15, 0.2) is 47.3 Å². The van der Waals surface area contributed by atoms with Crippen molar-refractivity contribution in [3.63, 3.8) is 0 Å². The van der Waals surface area contributed by atoms with E-state index in [2.05, 4.69) is 19.2 Å². The lowest BCUT2D eigenvalue weighted by atomic mass is 9.93.